The minimum Gasteiger partial charge on any atom is -0.469 e. The summed E-state index contributed by atoms with van der Waals surface area (Å²) in [6.07, 6.45) is -0.143. The Labute approximate surface area is 115 Å². The third-order valence-corrected chi connectivity index (χ3v) is 2.94. The number of aromatic nitrogens is 1. The molecule has 0 bridgehead atoms. The van der Waals surface area contributed by atoms with E-state index in [4.69, 9.17) is 10.5 Å². The van der Waals surface area contributed by atoms with Crippen molar-refractivity contribution in [2.24, 2.45) is 0 Å². The first kappa shape index (κ1) is 13.8. The van der Waals surface area contributed by atoms with Crippen molar-refractivity contribution >= 4 is 28.5 Å². The maximum Gasteiger partial charge on any atom is 0.341 e. The van der Waals surface area contributed by atoms with Gasteiger partial charge in [0.15, 0.2) is 0 Å². The van der Waals surface area contributed by atoms with E-state index in [0.29, 0.717) is 10.9 Å². The molecule has 0 saturated heterocycles. The first-order valence-corrected chi connectivity index (χ1v) is 5.90. The van der Waals surface area contributed by atoms with E-state index in [-0.39, 0.29) is 23.4 Å². The second kappa shape index (κ2) is 5.56. The average molecular weight is 274 g/mol. The number of rotatable bonds is 3. The molecule has 0 saturated carbocycles. The van der Waals surface area contributed by atoms with Crippen LogP contribution in [0.5, 0.6) is 0 Å². The second-order valence-corrected chi connectivity index (χ2v) is 4.11. The van der Waals surface area contributed by atoms with Crippen molar-refractivity contribution in [1.82, 2.24) is 4.98 Å². The number of esters is 2. The molecule has 0 aliphatic heterocycles. The number of anilines is 1. The molecule has 0 aliphatic carbocycles. The van der Waals surface area contributed by atoms with E-state index in [1.165, 1.54) is 14.2 Å². The zero-order valence-electron chi connectivity index (χ0n) is 11.2. The SMILES string of the molecule is COC(=O)Cc1nc2ccccc2c(N)c1C(=O)OC. The van der Waals surface area contributed by atoms with Crippen LogP contribution >= 0.6 is 0 Å². The summed E-state index contributed by atoms with van der Waals surface area (Å²) in [6, 6.07) is 7.11. The van der Waals surface area contributed by atoms with E-state index < -0.39 is 11.9 Å². The molecular formula is C14H14N2O4. The molecule has 0 unspecified atom stereocenters. The zero-order chi connectivity index (χ0) is 14.7. The van der Waals surface area contributed by atoms with E-state index in [9.17, 15) is 9.59 Å². The Kier molecular flexibility index (Phi) is 3.84. The molecule has 0 aliphatic rings. The summed E-state index contributed by atoms with van der Waals surface area (Å²) in [6.45, 7) is 0. The van der Waals surface area contributed by atoms with Gasteiger partial charge in [-0.05, 0) is 6.07 Å². The van der Waals surface area contributed by atoms with Crippen LogP contribution in [0, 0.1) is 0 Å². The molecular weight excluding hydrogens is 260 g/mol. The topological polar surface area (TPSA) is 91.5 Å². The number of benzene rings is 1. The average Bonchev–Trinajstić information content (AvgIpc) is 2.46. The highest BCUT2D eigenvalue weighted by atomic mass is 16.5. The fourth-order valence-corrected chi connectivity index (χ4v) is 1.96. The number of nitrogen functional groups attached to an aromatic ring is 1. The standard InChI is InChI=1S/C14H14N2O4/c1-19-11(17)7-10-12(14(18)20-2)13(15)8-5-3-4-6-9(8)16-10/h3-6H,7H2,1-2H3,(H2,15,16). The molecule has 104 valence electrons. The molecule has 6 nitrogen and oxygen atoms in total. The van der Waals surface area contributed by atoms with Crippen molar-refractivity contribution < 1.29 is 19.1 Å². The van der Waals surface area contributed by atoms with Crippen LogP contribution in [0.1, 0.15) is 16.1 Å². The molecule has 2 aromatic rings. The number of nitrogens with two attached hydrogens (primary N) is 1. The Balaban J connectivity index is 2.69. The van der Waals surface area contributed by atoms with Gasteiger partial charge in [0.25, 0.3) is 0 Å². The Morgan fingerprint density at radius 3 is 2.55 bits per heavy atom. The molecule has 0 radical (unpaired) electrons. The number of carbonyl (C=O) groups is 2. The Morgan fingerprint density at radius 1 is 1.20 bits per heavy atom. The van der Waals surface area contributed by atoms with Crippen LogP contribution in [0.4, 0.5) is 5.69 Å². The highest BCUT2D eigenvalue weighted by Gasteiger charge is 2.22. The molecule has 2 N–H and O–H groups in total. The third-order valence-electron chi connectivity index (χ3n) is 2.94. The number of para-hydroxylation sites is 1. The maximum atomic E-state index is 11.9. The lowest BCUT2D eigenvalue weighted by Gasteiger charge is -2.12. The Morgan fingerprint density at radius 2 is 1.90 bits per heavy atom. The van der Waals surface area contributed by atoms with Gasteiger partial charge in [0.2, 0.25) is 0 Å². The molecule has 0 fully saturated rings. The summed E-state index contributed by atoms with van der Waals surface area (Å²) in [4.78, 5) is 27.6. The van der Waals surface area contributed by atoms with Gasteiger partial charge in [0, 0.05) is 5.39 Å². The molecule has 1 heterocycles. The summed E-state index contributed by atoms with van der Waals surface area (Å²) in [5.74, 6) is -1.13. The molecule has 1 aromatic carbocycles. The third kappa shape index (κ3) is 2.40. The predicted octanol–water partition coefficient (Wildman–Crippen LogP) is 1.32. The second-order valence-electron chi connectivity index (χ2n) is 4.11. The fourth-order valence-electron chi connectivity index (χ4n) is 1.96. The van der Waals surface area contributed by atoms with Gasteiger partial charge in [-0.2, -0.15) is 0 Å². The van der Waals surface area contributed by atoms with Gasteiger partial charge >= 0.3 is 11.9 Å². The summed E-state index contributed by atoms with van der Waals surface area (Å²) in [7, 11) is 2.52. The molecule has 0 amide bonds. The minimum atomic E-state index is -0.625. The number of carbonyl (C=O) groups excluding carboxylic acids is 2. The van der Waals surface area contributed by atoms with Gasteiger partial charge in [0.05, 0.1) is 37.5 Å². The molecule has 6 heteroatoms. The van der Waals surface area contributed by atoms with Gasteiger partial charge in [-0.15, -0.1) is 0 Å². The maximum absolute atomic E-state index is 11.9. The summed E-state index contributed by atoms with van der Waals surface area (Å²) in [5.41, 5.74) is 7.24. The number of ether oxygens (including phenoxy) is 2. The number of hydrogen-bond acceptors (Lipinski definition) is 6. The Bertz CT molecular complexity index is 682. The number of pyridine rings is 1. The van der Waals surface area contributed by atoms with Gasteiger partial charge in [-0.1, -0.05) is 18.2 Å². The molecule has 0 spiro atoms. The van der Waals surface area contributed by atoms with Crippen LogP contribution in [0.2, 0.25) is 0 Å². The van der Waals surface area contributed by atoms with Crippen molar-refractivity contribution in [2.45, 2.75) is 6.42 Å². The van der Waals surface area contributed by atoms with E-state index in [1.807, 2.05) is 0 Å². The Hall–Kier alpha value is -2.63. The lowest BCUT2D eigenvalue weighted by Crippen LogP contribution is -2.15. The summed E-state index contributed by atoms with van der Waals surface area (Å²) < 4.78 is 9.31. The van der Waals surface area contributed by atoms with Crippen LogP contribution in [0.25, 0.3) is 10.9 Å². The van der Waals surface area contributed by atoms with Crippen molar-refractivity contribution in [2.75, 3.05) is 20.0 Å². The van der Waals surface area contributed by atoms with E-state index in [0.717, 1.165) is 0 Å². The van der Waals surface area contributed by atoms with E-state index >= 15 is 0 Å². The van der Waals surface area contributed by atoms with Crippen LogP contribution in [0.3, 0.4) is 0 Å². The molecule has 20 heavy (non-hydrogen) atoms. The van der Waals surface area contributed by atoms with E-state index in [2.05, 4.69) is 9.72 Å². The normalized spacial score (nSPS) is 10.3. The van der Waals surface area contributed by atoms with Crippen molar-refractivity contribution in [3.05, 3.63) is 35.5 Å². The number of methoxy groups -OCH3 is 2. The number of hydrogen-bond donors (Lipinski definition) is 1. The van der Waals surface area contributed by atoms with E-state index in [1.54, 1.807) is 24.3 Å². The first-order chi connectivity index (χ1) is 9.58. The quantitative estimate of drug-likeness (QED) is 0.849. The van der Waals surface area contributed by atoms with Gasteiger partial charge in [-0.3, -0.25) is 9.78 Å². The molecule has 2 rings (SSSR count). The molecule has 0 atom stereocenters. The smallest absolute Gasteiger partial charge is 0.341 e. The van der Waals surface area contributed by atoms with Crippen molar-refractivity contribution in [3.63, 3.8) is 0 Å². The van der Waals surface area contributed by atoms with Crippen LogP contribution in [-0.2, 0) is 20.7 Å². The van der Waals surface area contributed by atoms with Gasteiger partial charge < -0.3 is 15.2 Å². The first-order valence-electron chi connectivity index (χ1n) is 5.90. The lowest BCUT2D eigenvalue weighted by atomic mass is 10.0. The van der Waals surface area contributed by atoms with Gasteiger partial charge in [0.1, 0.15) is 5.56 Å². The van der Waals surface area contributed by atoms with Crippen LogP contribution < -0.4 is 5.73 Å². The monoisotopic (exact) mass is 274 g/mol. The van der Waals surface area contributed by atoms with Gasteiger partial charge in [-0.25, -0.2) is 4.79 Å². The highest BCUT2D eigenvalue weighted by molar-refractivity contribution is 6.05. The highest BCUT2D eigenvalue weighted by Crippen LogP contribution is 2.26. The van der Waals surface area contributed by atoms with Crippen molar-refractivity contribution in [3.8, 4) is 0 Å². The fraction of sp³-hybridized carbons (Fsp3) is 0.214. The number of nitrogens with zero attached hydrogens (tertiary/aromatic N) is 1. The van der Waals surface area contributed by atoms with Crippen LogP contribution in [-0.4, -0.2) is 31.1 Å². The van der Waals surface area contributed by atoms with Crippen LogP contribution in [0.15, 0.2) is 24.3 Å². The zero-order valence-corrected chi connectivity index (χ0v) is 11.2. The largest absolute Gasteiger partial charge is 0.469 e. The van der Waals surface area contributed by atoms with Crippen molar-refractivity contribution in [1.29, 1.82) is 0 Å². The predicted molar refractivity (Wildman–Crippen MR) is 73.2 cm³/mol. The number of fused-ring (bicyclic) bond motifs is 1. The summed E-state index contributed by atoms with van der Waals surface area (Å²) in [5, 5.41) is 0.640. The minimum absolute atomic E-state index is 0.108. The lowest BCUT2D eigenvalue weighted by molar-refractivity contribution is -0.139. The summed E-state index contributed by atoms with van der Waals surface area (Å²) >= 11 is 0. The molecule has 1 aromatic heterocycles.